The van der Waals surface area contributed by atoms with Crippen LogP contribution in [0.25, 0.3) is 0 Å². The lowest BCUT2D eigenvalue weighted by molar-refractivity contribution is 0.393. The van der Waals surface area contributed by atoms with Crippen LogP contribution in [0.5, 0.6) is 0 Å². The first-order valence-corrected chi connectivity index (χ1v) is 6.65. The molecule has 1 aromatic rings. The van der Waals surface area contributed by atoms with Gasteiger partial charge in [-0.1, -0.05) is 20.8 Å². The summed E-state index contributed by atoms with van der Waals surface area (Å²) in [5.74, 6) is 1.51. The summed E-state index contributed by atoms with van der Waals surface area (Å²) in [5.41, 5.74) is 0. The first-order valence-electron chi connectivity index (χ1n) is 5.04. The maximum absolute atomic E-state index is 3.49. The van der Waals surface area contributed by atoms with Crippen molar-refractivity contribution in [2.24, 2.45) is 11.8 Å². The maximum atomic E-state index is 3.49. The van der Waals surface area contributed by atoms with Crippen LogP contribution in [0.1, 0.15) is 25.6 Å². The molecular weight excluding hydrogens is 258 g/mol. The van der Waals surface area contributed by atoms with Crippen LogP contribution in [0.2, 0.25) is 0 Å². The molecule has 14 heavy (non-hydrogen) atoms. The highest BCUT2D eigenvalue weighted by molar-refractivity contribution is 9.11. The van der Waals surface area contributed by atoms with Crippen molar-refractivity contribution in [2.75, 3.05) is 6.54 Å². The summed E-state index contributed by atoms with van der Waals surface area (Å²) < 4.78 is 1.21. The molecule has 0 aliphatic rings. The summed E-state index contributed by atoms with van der Waals surface area (Å²) in [4.78, 5) is 1.40. The molecule has 1 aromatic heterocycles. The molecule has 1 unspecified atom stereocenters. The number of rotatable bonds is 5. The van der Waals surface area contributed by atoms with E-state index in [1.165, 1.54) is 8.66 Å². The average Bonchev–Trinajstić information content (AvgIpc) is 2.51. The van der Waals surface area contributed by atoms with Gasteiger partial charge in [-0.25, -0.2) is 0 Å². The van der Waals surface area contributed by atoms with Gasteiger partial charge < -0.3 is 5.32 Å². The smallest absolute Gasteiger partial charge is 0.0701 e. The molecule has 0 saturated carbocycles. The summed E-state index contributed by atoms with van der Waals surface area (Å²) in [6, 6.07) is 4.27. The van der Waals surface area contributed by atoms with E-state index in [-0.39, 0.29) is 0 Å². The van der Waals surface area contributed by atoms with E-state index >= 15 is 0 Å². The molecule has 3 heteroatoms. The lowest BCUT2D eigenvalue weighted by atomic mass is 9.98. The summed E-state index contributed by atoms with van der Waals surface area (Å²) >= 11 is 5.27. The van der Waals surface area contributed by atoms with Crippen LogP contribution < -0.4 is 5.32 Å². The lowest BCUT2D eigenvalue weighted by Crippen LogP contribution is -2.23. The van der Waals surface area contributed by atoms with Crippen LogP contribution in [0.15, 0.2) is 15.9 Å². The van der Waals surface area contributed by atoms with Crippen LogP contribution in [0.4, 0.5) is 0 Å². The molecule has 0 aliphatic carbocycles. The Morgan fingerprint density at radius 1 is 1.36 bits per heavy atom. The Morgan fingerprint density at radius 3 is 2.57 bits per heavy atom. The number of thiophene rings is 1. The molecule has 1 heterocycles. The molecule has 0 radical (unpaired) electrons. The lowest BCUT2D eigenvalue weighted by Gasteiger charge is -2.15. The second-order valence-corrected chi connectivity index (χ2v) is 6.61. The molecule has 1 atom stereocenters. The van der Waals surface area contributed by atoms with E-state index in [1.54, 1.807) is 11.3 Å². The van der Waals surface area contributed by atoms with Crippen LogP contribution in [-0.2, 0) is 6.54 Å². The van der Waals surface area contributed by atoms with Crippen LogP contribution >= 0.6 is 27.3 Å². The first-order chi connectivity index (χ1) is 6.59. The summed E-state index contributed by atoms with van der Waals surface area (Å²) in [7, 11) is 0. The van der Waals surface area contributed by atoms with Crippen LogP contribution in [0, 0.1) is 11.8 Å². The standard InChI is InChI=1S/C11H18BrNS/c1-8(2)9(3)6-13-7-10-4-5-11(12)14-10/h4-5,8-9,13H,6-7H2,1-3H3. The van der Waals surface area contributed by atoms with Gasteiger partial charge in [0.05, 0.1) is 3.79 Å². The van der Waals surface area contributed by atoms with Crippen molar-refractivity contribution >= 4 is 27.3 Å². The van der Waals surface area contributed by atoms with Crippen LogP contribution in [-0.4, -0.2) is 6.54 Å². The van der Waals surface area contributed by atoms with Gasteiger partial charge in [-0.15, -0.1) is 11.3 Å². The predicted molar refractivity (Wildman–Crippen MR) is 67.7 cm³/mol. The average molecular weight is 276 g/mol. The zero-order valence-corrected chi connectivity index (χ0v) is 11.4. The van der Waals surface area contributed by atoms with Gasteiger partial charge in [0.25, 0.3) is 0 Å². The van der Waals surface area contributed by atoms with E-state index in [0.29, 0.717) is 0 Å². The zero-order valence-electron chi connectivity index (χ0n) is 9.01. The fourth-order valence-corrected chi connectivity index (χ4v) is 2.56. The Balaban J connectivity index is 2.22. The number of hydrogen-bond acceptors (Lipinski definition) is 2. The third-order valence-corrected chi connectivity index (χ3v) is 4.16. The van der Waals surface area contributed by atoms with Gasteiger partial charge in [0.15, 0.2) is 0 Å². The van der Waals surface area contributed by atoms with Crippen molar-refractivity contribution in [3.63, 3.8) is 0 Å². The van der Waals surface area contributed by atoms with Gasteiger partial charge >= 0.3 is 0 Å². The SMILES string of the molecule is CC(C)C(C)CNCc1ccc(Br)s1. The van der Waals surface area contributed by atoms with Gasteiger partial charge in [-0.2, -0.15) is 0 Å². The van der Waals surface area contributed by atoms with Gasteiger partial charge in [0, 0.05) is 11.4 Å². The molecule has 0 fully saturated rings. The Labute approximate surface area is 99.0 Å². The molecule has 0 bridgehead atoms. The highest BCUT2D eigenvalue weighted by Crippen LogP contribution is 2.21. The molecular formula is C11H18BrNS. The molecule has 0 aromatic carbocycles. The molecule has 1 nitrogen and oxygen atoms in total. The van der Waals surface area contributed by atoms with Crippen molar-refractivity contribution in [1.29, 1.82) is 0 Å². The topological polar surface area (TPSA) is 12.0 Å². The highest BCUT2D eigenvalue weighted by Gasteiger charge is 2.06. The molecule has 80 valence electrons. The minimum absolute atomic E-state index is 0.749. The number of halogens is 1. The third kappa shape index (κ3) is 4.11. The summed E-state index contributed by atoms with van der Waals surface area (Å²) in [6.07, 6.45) is 0. The maximum Gasteiger partial charge on any atom is 0.0701 e. The second-order valence-electron chi connectivity index (χ2n) is 4.06. The van der Waals surface area contributed by atoms with E-state index in [9.17, 15) is 0 Å². The van der Waals surface area contributed by atoms with Gasteiger partial charge in [-0.05, 0) is 46.4 Å². The van der Waals surface area contributed by atoms with Gasteiger partial charge in [-0.3, -0.25) is 0 Å². The zero-order chi connectivity index (χ0) is 10.6. The molecule has 0 saturated heterocycles. The quantitative estimate of drug-likeness (QED) is 0.860. The monoisotopic (exact) mass is 275 g/mol. The van der Waals surface area contributed by atoms with Gasteiger partial charge in [0.1, 0.15) is 0 Å². The highest BCUT2D eigenvalue weighted by atomic mass is 79.9. The van der Waals surface area contributed by atoms with Crippen molar-refractivity contribution in [3.05, 3.63) is 20.8 Å². The number of nitrogens with one attached hydrogen (secondary N) is 1. The normalized spacial score (nSPS) is 13.5. The van der Waals surface area contributed by atoms with Crippen LogP contribution in [0.3, 0.4) is 0 Å². The summed E-state index contributed by atoms with van der Waals surface area (Å²) in [5, 5.41) is 3.49. The Morgan fingerprint density at radius 2 is 2.07 bits per heavy atom. The second kappa shape index (κ2) is 5.89. The minimum Gasteiger partial charge on any atom is -0.312 e. The van der Waals surface area contributed by atoms with Crippen molar-refractivity contribution in [3.8, 4) is 0 Å². The van der Waals surface area contributed by atoms with Crippen molar-refractivity contribution in [2.45, 2.75) is 27.3 Å². The predicted octanol–water partition coefficient (Wildman–Crippen LogP) is 3.89. The Bertz CT molecular complexity index is 270. The largest absolute Gasteiger partial charge is 0.312 e. The van der Waals surface area contributed by atoms with Crippen molar-refractivity contribution in [1.82, 2.24) is 5.32 Å². The van der Waals surface area contributed by atoms with Crippen molar-refractivity contribution < 1.29 is 0 Å². The molecule has 1 rings (SSSR count). The molecule has 0 spiro atoms. The summed E-state index contributed by atoms with van der Waals surface area (Å²) in [6.45, 7) is 8.94. The van der Waals surface area contributed by atoms with E-state index in [0.717, 1.165) is 24.9 Å². The minimum atomic E-state index is 0.749. The van der Waals surface area contributed by atoms with Gasteiger partial charge in [0.2, 0.25) is 0 Å². The molecule has 0 aliphatic heterocycles. The fraction of sp³-hybridized carbons (Fsp3) is 0.636. The third-order valence-electron chi connectivity index (χ3n) is 2.53. The first kappa shape index (κ1) is 12.2. The van der Waals surface area contributed by atoms with E-state index in [4.69, 9.17) is 0 Å². The Hall–Kier alpha value is 0.140. The molecule has 1 N–H and O–H groups in total. The van der Waals surface area contributed by atoms with E-state index in [1.807, 2.05) is 0 Å². The van der Waals surface area contributed by atoms with E-state index in [2.05, 4.69) is 54.2 Å². The van der Waals surface area contributed by atoms with E-state index < -0.39 is 0 Å². The fourth-order valence-electron chi connectivity index (χ4n) is 1.11. The number of hydrogen-bond donors (Lipinski definition) is 1. The molecule has 0 amide bonds. The Kier molecular flexibility index (Phi) is 5.13.